The molecule has 24 heavy (non-hydrogen) atoms. The van der Waals surface area contributed by atoms with Gasteiger partial charge in [0.2, 0.25) is 0 Å². The van der Waals surface area contributed by atoms with Crippen LogP contribution in [0, 0.1) is 6.92 Å². The number of fused-ring (bicyclic) bond motifs is 1. The van der Waals surface area contributed by atoms with E-state index in [1.54, 1.807) is 7.05 Å². The van der Waals surface area contributed by atoms with Gasteiger partial charge in [-0.25, -0.2) is 14.8 Å². The van der Waals surface area contributed by atoms with Gasteiger partial charge >= 0.3 is 5.69 Å². The summed E-state index contributed by atoms with van der Waals surface area (Å²) >= 11 is 0. The number of aryl methyl sites for hydroxylation is 2. The molecule has 0 bridgehead atoms. The van der Waals surface area contributed by atoms with Crippen LogP contribution in [-0.2, 0) is 14.1 Å². The highest BCUT2D eigenvalue weighted by atomic mass is 16.2. The molecule has 0 aliphatic rings. The maximum absolute atomic E-state index is 12.4. The van der Waals surface area contributed by atoms with Gasteiger partial charge in [-0.15, -0.1) is 0 Å². The van der Waals surface area contributed by atoms with E-state index in [0.29, 0.717) is 17.0 Å². The molecule has 0 amide bonds. The van der Waals surface area contributed by atoms with Crippen LogP contribution < -0.4 is 16.6 Å². The molecule has 2 heterocycles. The minimum Gasteiger partial charge on any atom is -0.377 e. The molecule has 0 radical (unpaired) electrons. The fourth-order valence-electron chi connectivity index (χ4n) is 2.72. The molecule has 2 aromatic heterocycles. The average molecular weight is 325 g/mol. The first-order valence-electron chi connectivity index (χ1n) is 7.66. The highest BCUT2D eigenvalue weighted by Crippen LogP contribution is 2.20. The van der Waals surface area contributed by atoms with Gasteiger partial charge in [0.15, 0.2) is 11.2 Å². The normalized spacial score (nSPS) is 12.3. The zero-order valence-corrected chi connectivity index (χ0v) is 14.1. The van der Waals surface area contributed by atoms with Gasteiger partial charge in [0, 0.05) is 19.8 Å². The first-order valence-corrected chi connectivity index (χ1v) is 7.66. The molecule has 0 aliphatic heterocycles. The molecule has 0 aliphatic carbocycles. The molecule has 3 aromatic rings. The zero-order chi connectivity index (χ0) is 17.4. The van der Waals surface area contributed by atoms with E-state index in [4.69, 9.17) is 0 Å². The number of nitrogens with zero attached hydrogens (tertiary/aromatic N) is 4. The van der Waals surface area contributed by atoms with Gasteiger partial charge in [-0.05, 0) is 26.0 Å². The van der Waals surface area contributed by atoms with Crippen LogP contribution in [0.4, 0.5) is 5.69 Å². The van der Waals surface area contributed by atoms with Gasteiger partial charge < -0.3 is 5.32 Å². The lowest BCUT2D eigenvalue weighted by Gasteiger charge is -2.17. The Labute approximate surface area is 138 Å². The van der Waals surface area contributed by atoms with Crippen LogP contribution in [0.3, 0.4) is 0 Å². The Balaban J connectivity index is 2.14. The van der Waals surface area contributed by atoms with E-state index in [1.807, 2.05) is 44.2 Å². The Morgan fingerprint density at radius 3 is 2.38 bits per heavy atom. The van der Waals surface area contributed by atoms with Crippen molar-refractivity contribution in [3.05, 3.63) is 62.6 Å². The number of nitrogens with one attached hydrogen (secondary N) is 1. The SMILES string of the molecule is Cc1nc2c(nc1C(C)Nc1ccccc1)c(=O)n(C)c(=O)n2C. The number of anilines is 1. The van der Waals surface area contributed by atoms with E-state index in [0.717, 1.165) is 10.3 Å². The van der Waals surface area contributed by atoms with Crippen molar-refractivity contribution >= 4 is 16.9 Å². The van der Waals surface area contributed by atoms with Gasteiger partial charge in [-0.1, -0.05) is 18.2 Å². The van der Waals surface area contributed by atoms with Crippen LogP contribution in [0.25, 0.3) is 11.2 Å². The van der Waals surface area contributed by atoms with E-state index < -0.39 is 11.2 Å². The largest absolute Gasteiger partial charge is 0.377 e. The van der Waals surface area contributed by atoms with Crippen molar-refractivity contribution in [1.82, 2.24) is 19.1 Å². The summed E-state index contributed by atoms with van der Waals surface area (Å²) in [6.07, 6.45) is 0. The molecule has 0 saturated carbocycles. The fourth-order valence-corrected chi connectivity index (χ4v) is 2.72. The average Bonchev–Trinajstić information content (AvgIpc) is 2.58. The van der Waals surface area contributed by atoms with Gasteiger partial charge in [-0.2, -0.15) is 0 Å². The minimum atomic E-state index is -0.436. The lowest BCUT2D eigenvalue weighted by Crippen LogP contribution is -2.38. The molecule has 7 nitrogen and oxygen atoms in total. The van der Waals surface area contributed by atoms with Crippen molar-refractivity contribution in [3.8, 4) is 0 Å². The zero-order valence-electron chi connectivity index (χ0n) is 14.1. The van der Waals surface area contributed by atoms with Crippen molar-refractivity contribution in [1.29, 1.82) is 0 Å². The second-order valence-corrected chi connectivity index (χ2v) is 5.80. The van der Waals surface area contributed by atoms with E-state index in [9.17, 15) is 9.59 Å². The first-order chi connectivity index (χ1) is 11.4. The molecular weight excluding hydrogens is 306 g/mol. The third kappa shape index (κ3) is 2.58. The Morgan fingerprint density at radius 2 is 1.71 bits per heavy atom. The molecule has 1 unspecified atom stereocenters. The highest BCUT2D eigenvalue weighted by molar-refractivity contribution is 5.69. The summed E-state index contributed by atoms with van der Waals surface area (Å²) in [7, 11) is 3.03. The van der Waals surface area contributed by atoms with Crippen molar-refractivity contribution in [3.63, 3.8) is 0 Å². The van der Waals surface area contributed by atoms with Crippen molar-refractivity contribution < 1.29 is 0 Å². The third-order valence-corrected chi connectivity index (χ3v) is 4.05. The molecule has 0 saturated heterocycles. The predicted octanol–water partition coefficient (Wildman–Crippen LogP) is 1.51. The summed E-state index contributed by atoms with van der Waals surface area (Å²) in [5, 5.41) is 3.34. The predicted molar refractivity (Wildman–Crippen MR) is 93.2 cm³/mol. The smallest absolute Gasteiger partial charge is 0.332 e. The molecular formula is C17H19N5O2. The number of hydrogen-bond acceptors (Lipinski definition) is 5. The van der Waals surface area contributed by atoms with Crippen molar-refractivity contribution in [2.45, 2.75) is 19.9 Å². The summed E-state index contributed by atoms with van der Waals surface area (Å²) in [5.41, 5.74) is 1.97. The summed E-state index contributed by atoms with van der Waals surface area (Å²) < 4.78 is 2.39. The summed E-state index contributed by atoms with van der Waals surface area (Å²) in [6, 6.07) is 9.62. The van der Waals surface area contributed by atoms with E-state index in [1.165, 1.54) is 11.6 Å². The van der Waals surface area contributed by atoms with Crippen LogP contribution in [0.5, 0.6) is 0 Å². The Bertz CT molecular complexity index is 1020. The Hall–Kier alpha value is -2.96. The molecule has 0 fully saturated rings. The number of benzene rings is 1. The molecule has 3 rings (SSSR count). The van der Waals surface area contributed by atoms with Crippen molar-refractivity contribution in [2.24, 2.45) is 14.1 Å². The van der Waals surface area contributed by atoms with Gasteiger partial charge in [-0.3, -0.25) is 13.9 Å². The molecule has 7 heteroatoms. The van der Waals surface area contributed by atoms with Crippen molar-refractivity contribution in [2.75, 3.05) is 5.32 Å². The quantitative estimate of drug-likeness (QED) is 0.789. The lowest BCUT2D eigenvalue weighted by atomic mass is 10.1. The molecule has 1 N–H and O–H groups in total. The number of hydrogen-bond donors (Lipinski definition) is 1. The highest BCUT2D eigenvalue weighted by Gasteiger charge is 2.17. The van der Waals surface area contributed by atoms with E-state index in [2.05, 4.69) is 15.3 Å². The standard InChI is InChI=1S/C17H19N5O2/c1-10(18-12-8-6-5-7-9-12)13-11(2)19-15-14(20-13)16(23)22(4)17(24)21(15)3/h5-10,18H,1-4H3. The maximum atomic E-state index is 12.4. The van der Waals surface area contributed by atoms with Gasteiger partial charge in [0.25, 0.3) is 5.56 Å². The molecule has 0 spiro atoms. The number of aromatic nitrogens is 4. The number of para-hydroxylation sites is 1. The summed E-state index contributed by atoms with van der Waals surface area (Å²) in [4.78, 5) is 33.4. The fraction of sp³-hybridized carbons (Fsp3) is 0.294. The van der Waals surface area contributed by atoms with E-state index >= 15 is 0 Å². The van der Waals surface area contributed by atoms with Gasteiger partial charge in [0.1, 0.15) is 0 Å². The Kier molecular flexibility index (Phi) is 3.92. The summed E-state index contributed by atoms with van der Waals surface area (Å²) in [6.45, 7) is 3.79. The molecule has 1 atom stereocenters. The van der Waals surface area contributed by atoms with Crippen LogP contribution in [0.15, 0.2) is 39.9 Å². The first kappa shape index (κ1) is 15.9. The van der Waals surface area contributed by atoms with E-state index in [-0.39, 0.29) is 11.6 Å². The minimum absolute atomic E-state index is 0.133. The van der Waals surface area contributed by atoms with Crippen LogP contribution in [-0.4, -0.2) is 19.1 Å². The molecule has 124 valence electrons. The van der Waals surface area contributed by atoms with Crippen LogP contribution in [0.2, 0.25) is 0 Å². The monoisotopic (exact) mass is 325 g/mol. The van der Waals surface area contributed by atoms with Crippen LogP contribution >= 0.6 is 0 Å². The summed E-state index contributed by atoms with van der Waals surface area (Å²) in [5.74, 6) is 0. The topological polar surface area (TPSA) is 81.8 Å². The lowest BCUT2D eigenvalue weighted by molar-refractivity contribution is 0.698. The van der Waals surface area contributed by atoms with Crippen LogP contribution in [0.1, 0.15) is 24.4 Å². The maximum Gasteiger partial charge on any atom is 0.332 e. The third-order valence-electron chi connectivity index (χ3n) is 4.05. The molecule has 1 aromatic carbocycles. The second kappa shape index (κ2) is 5.92. The second-order valence-electron chi connectivity index (χ2n) is 5.80. The van der Waals surface area contributed by atoms with Gasteiger partial charge in [0.05, 0.1) is 17.4 Å². The number of rotatable bonds is 3. The Morgan fingerprint density at radius 1 is 1.04 bits per heavy atom.